The number of carbonyl (C=O) groups excluding carboxylic acids is 1. The first kappa shape index (κ1) is 24.1. The van der Waals surface area contributed by atoms with Crippen LogP contribution in [0.25, 0.3) is 11.4 Å². The van der Waals surface area contributed by atoms with Gasteiger partial charge in [0, 0.05) is 5.56 Å². The van der Waals surface area contributed by atoms with E-state index in [0.29, 0.717) is 5.56 Å². The molecule has 1 unspecified atom stereocenters. The Labute approximate surface area is 190 Å². The van der Waals surface area contributed by atoms with Gasteiger partial charge in [-0.3, -0.25) is 0 Å². The molecule has 1 aromatic heterocycles. The summed E-state index contributed by atoms with van der Waals surface area (Å²) in [6.07, 6.45) is -1.10. The molecule has 10 nitrogen and oxygen atoms in total. The molecule has 3 aromatic rings. The van der Waals surface area contributed by atoms with E-state index in [-0.39, 0.29) is 28.3 Å². The first-order valence-electron chi connectivity index (χ1n) is 9.89. The minimum absolute atomic E-state index is 0.0218. The molecule has 176 valence electrons. The third kappa shape index (κ3) is 5.83. The third-order valence-electron chi connectivity index (χ3n) is 4.46. The number of tetrazole rings is 1. The van der Waals surface area contributed by atoms with E-state index in [1.165, 1.54) is 42.2 Å². The highest BCUT2D eigenvalue weighted by atomic mass is 32.2. The zero-order valence-electron chi connectivity index (χ0n) is 18.7. The Bertz CT molecular complexity index is 1250. The molecular weight excluding hydrogens is 453 g/mol. The van der Waals surface area contributed by atoms with Gasteiger partial charge in [0.05, 0.1) is 13.2 Å². The lowest BCUT2D eigenvalue weighted by atomic mass is 10.1. The lowest BCUT2D eigenvalue weighted by molar-refractivity contribution is 0.0570. The van der Waals surface area contributed by atoms with Crippen molar-refractivity contribution >= 4 is 16.1 Å². The topological polar surface area (TPSA) is 125 Å². The molecule has 2 aromatic carbocycles. The standard InChI is InChI=1S/C21H24FN5O5S/c1-13(14-6-9-16(22)10-7-14)27-24-19(23-26-27)15-8-11-18(17(12-15)31-5)33(29,30)25-20(28)32-21(2,3)4/h6-13H,1-5H3,(H,25,28). The highest BCUT2D eigenvalue weighted by molar-refractivity contribution is 7.90. The molecule has 1 heterocycles. The Hall–Kier alpha value is -3.54. The Balaban J connectivity index is 1.85. The van der Waals surface area contributed by atoms with E-state index in [2.05, 4.69) is 15.4 Å². The summed E-state index contributed by atoms with van der Waals surface area (Å²) in [7, 11) is -2.97. The summed E-state index contributed by atoms with van der Waals surface area (Å²) in [5.41, 5.74) is 0.365. The van der Waals surface area contributed by atoms with Gasteiger partial charge in [-0.15, -0.1) is 10.2 Å². The number of benzene rings is 2. The van der Waals surface area contributed by atoms with Crippen molar-refractivity contribution in [1.82, 2.24) is 24.9 Å². The quantitative estimate of drug-likeness (QED) is 0.573. The molecule has 0 bridgehead atoms. The Morgan fingerprint density at radius 3 is 2.42 bits per heavy atom. The number of methoxy groups -OCH3 is 1. The predicted octanol–water partition coefficient (Wildman–Crippen LogP) is 3.31. The van der Waals surface area contributed by atoms with Gasteiger partial charge in [0.1, 0.15) is 22.1 Å². The fourth-order valence-electron chi connectivity index (χ4n) is 2.87. The normalized spacial score (nSPS) is 12.8. The van der Waals surface area contributed by atoms with Gasteiger partial charge < -0.3 is 9.47 Å². The number of ether oxygens (including phenoxy) is 2. The van der Waals surface area contributed by atoms with Gasteiger partial charge in [0.15, 0.2) is 0 Å². The number of aromatic nitrogens is 4. The van der Waals surface area contributed by atoms with Crippen molar-refractivity contribution in [3.63, 3.8) is 0 Å². The summed E-state index contributed by atoms with van der Waals surface area (Å²) in [5, 5.41) is 12.4. The van der Waals surface area contributed by atoms with E-state index in [9.17, 15) is 17.6 Å². The molecule has 0 saturated carbocycles. The molecule has 0 spiro atoms. The van der Waals surface area contributed by atoms with Gasteiger partial charge in [-0.05, 0) is 68.8 Å². The average Bonchev–Trinajstić information content (AvgIpc) is 3.21. The highest BCUT2D eigenvalue weighted by Crippen LogP contribution is 2.29. The average molecular weight is 478 g/mol. The summed E-state index contributed by atoms with van der Waals surface area (Å²) in [6, 6.07) is 9.80. The molecule has 1 amide bonds. The molecule has 1 N–H and O–H groups in total. The first-order chi connectivity index (χ1) is 15.4. The summed E-state index contributed by atoms with van der Waals surface area (Å²) >= 11 is 0. The summed E-state index contributed by atoms with van der Waals surface area (Å²) in [4.78, 5) is 13.0. The maximum absolute atomic E-state index is 13.2. The van der Waals surface area contributed by atoms with Crippen LogP contribution in [0.5, 0.6) is 5.75 Å². The van der Waals surface area contributed by atoms with E-state index in [0.717, 1.165) is 5.56 Å². The van der Waals surface area contributed by atoms with Gasteiger partial charge in [-0.25, -0.2) is 22.3 Å². The van der Waals surface area contributed by atoms with Crippen LogP contribution in [0.15, 0.2) is 47.4 Å². The fourth-order valence-corrected chi connectivity index (χ4v) is 3.90. The number of amides is 1. The maximum atomic E-state index is 13.2. The minimum Gasteiger partial charge on any atom is -0.495 e. The van der Waals surface area contributed by atoms with Crippen molar-refractivity contribution in [2.45, 2.75) is 44.2 Å². The molecule has 0 aliphatic heterocycles. The number of carbonyl (C=O) groups is 1. The second-order valence-corrected chi connectivity index (χ2v) is 9.78. The molecule has 3 rings (SSSR count). The summed E-state index contributed by atoms with van der Waals surface area (Å²) in [6.45, 7) is 6.68. The smallest absolute Gasteiger partial charge is 0.421 e. The lowest BCUT2D eigenvalue weighted by Gasteiger charge is -2.20. The molecule has 1 atom stereocenters. The van der Waals surface area contributed by atoms with E-state index < -0.39 is 21.7 Å². The van der Waals surface area contributed by atoms with Crippen LogP contribution in [0.4, 0.5) is 9.18 Å². The van der Waals surface area contributed by atoms with Crippen molar-refractivity contribution in [3.05, 3.63) is 53.8 Å². The molecule has 0 radical (unpaired) electrons. The van der Waals surface area contributed by atoms with E-state index >= 15 is 0 Å². The van der Waals surface area contributed by atoms with Gasteiger partial charge in [-0.2, -0.15) is 4.80 Å². The number of sulfonamides is 1. The van der Waals surface area contributed by atoms with Crippen molar-refractivity contribution < 1.29 is 27.1 Å². The minimum atomic E-state index is -4.26. The Kier molecular flexibility index (Phi) is 6.68. The van der Waals surface area contributed by atoms with Gasteiger partial charge >= 0.3 is 6.09 Å². The van der Waals surface area contributed by atoms with Crippen molar-refractivity contribution in [1.29, 1.82) is 0 Å². The second-order valence-electron chi connectivity index (χ2n) is 8.13. The molecule has 0 fully saturated rings. The van der Waals surface area contributed by atoms with E-state index in [1.54, 1.807) is 32.9 Å². The number of hydrogen-bond donors (Lipinski definition) is 1. The maximum Gasteiger partial charge on any atom is 0.421 e. The SMILES string of the molecule is COc1cc(-c2nnn(C(C)c3ccc(F)cc3)n2)ccc1S(=O)(=O)NC(=O)OC(C)(C)C. The predicted molar refractivity (Wildman–Crippen MR) is 117 cm³/mol. The van der Waals surface area contributed by atoms with Gasteiger partial charge in [-0.1, -0.05) is 12.1 Å². The zero-order valence-corrected chi connectivity index (χ0v) is 19.6. The molecule has 0 saturated heterocycles. The number of hydrogen-bond acceptors (Lipinski definition) is 8. The Morgan fingerprint density at radius 2 is 1.82 bits per heavy atom. The number of nitrogens with one attached hydrogen (secondary N) is 1. The summed E-state index contributed by atoms with van der Waals surface area (Å²) in [5.74, 6) is -0.140. The van der Waals surface area contributed by atoms with E-state index in [4.69, 9.17) is 9.47 Å². The van der Waals surface area contributed by atoms with Crippen LogP contribution in [-0.4, -0.2) is 47.4 Å². The van der Waals surface area contributed by atoms with Crippen LogP contribution in [0.3, 0.4) is 0 Å². The van der Waals surface area contributed by atoms with Crippen LogP contribution in [0.2, 0.25) is 0 Å². The van der Waals surface area contributed by atoms with Gasteiger partial charge in [0.25, 0.3) is 10.0 Å². The molecule has 12 heteroatoms. The molecule has 0 aliphatic carbocycles. The number of nitrogens with zero attached hydrogens (tertiary/aromatic N) is 4. The second kappa shape index (κ2) is 9.14. The number of halogens is 1. The van der Waals surface area contributed by atoms with Crippen LogP contribution < -0.4 is 9.46 Å². The molecule has 0 aliphatic rings. The monoisotopic (exact) mass is 477 g/mol. The third-order valence-corrected chi connectivity index (χ3v) is 5.81. The van der Waals surface area contributed by atoms with Crippen molar-refractivity contribution in [3.8, 4) is 17.1 Å². The van der Waals surface area contributed by atoms with Gasteiger partial charge in [0.2, 0.25) is 5.82 Å². The highest BCUT2D eigenvalue weighted by Gasteiger charge is 2.26. The van der Waals surface area contributed by atoms with Crippen LogP contribution in [-0.2, 0) is 14.8 Å². The summed E-state index contributed by atoms with van der Waals surface area (Å²) < 4.78 is 50.6. The van der Waals surface area contributed by atoms with Crippen LogP contribution in [0, 0.1) is 5.82 Å². The zero-order chi connectivity index (χ0) is 24.4. The first-order valence-corrected chi connectivity index (χ1v) is 11.4. The molecular formula is C21H24FN5O5S. The van der Waals surface area contributed by atoms with Crippen LogP contribution >= 0.6 is 0 Å². The largest absolute Gasteiger partial charge is 0.495 e. The number of rotatable bonds is 6. The fraction of sp³-hybridized carbons (Fsp3) is 0.333. The van der Waals surface area contributed by atoms with Crippen LogP contribution in [0.1, 0.15) is 39.3 Å². The van der Waals surface area contributed by atoms with E-state index in [1.807, 2.05) is 11.6 Å². The lowest BCUT2D eigenvalue weighted by Crippen LogP contribution is -2.36. The van der Waals surface area contributed by atoms with Crippen molar-refractivity contribution in [2.24, 2.45) is 0 Å². The Morgan fingerprint density at radius 1 is 1.15 bits per heavy atom. The molecule has 33 heavy (non-hydrogen) atoms. The van der Waals surface area contributed by atoms with Crippen molar-refractivity contribution in [2.75, 3.05) is 7.11 Å².